The van der Waals surface area contributed by atoms with Crippen LogP contribution in [0.4, 0.5) is 4.79 Å². The first-order valence-corrected chi connectivity index (χ1v) is 8.21. The molecule has 1 heterocycles. The fourth-order valence-corrected chi connectivity index (χ4v) is 3.06. The van der Waals surface area contributed by atoms with Gasteiger partial charge in [0.25, 0.3) is 0 Å². The standard InChI is InChI=1S/C18H23ClN2O2/c1-17(2,3)23-16(22)21-11-9-18(10-12-21,13-20-4)14-5-7-15(19)8-6-14/h5-8H,9-13H2,1-3H3. The second-order valence-electron chi connectivity index (χ2n) is 7.07. The van der Waals surface area contributed by atoms with E-state index in [0.29, 0.717) is 24.7 Å². The Labute approximate surface area is 143 Å². The number of benzene rings is 1. The Kier molecular flexibility index (Phi) is 5.21. The highest BCUT2D eigenvalue weighted by molar-refractivity contribution is 6.30. The van der Waals surface area contributed by atoms with Gasteiger partial charge < -0.3 is 14.5 Å². The molecular weight excluding hydrogens is 312 g/mol. The van der Waals surface area contributed by atoms with Crippen LogP contribution in [0.25, 0.3) is 4.85 Å². The number of nitrogens with zero attached hydrogens (tertiary/aromatic N) is 2. The van der Waals surface area contributed by atoms with E-state index in [2.05, 4.69) is 4.85 Å². The fourth-order valence-electron chi connectivity index (χ4n) is 2.94. The average molecular weight is 335 g/mol. The largest absolute Gasteiger partial charge is 0.444 e. The van der Waals surface area contributed by atoms with Gasteiger partial charge in [0, 0.05) is 18.1 Å². The number of likely N-dealkylation sites (tertiary alicyclic amines) is 1. The summed E-state index contributed by atoms with van der Waals surface area (Å²) >= 11 is 5.97. The number of hydrogen-bond acceptors (Lipinski definition) is 2. The number of ether oxygens (including phenoxy) is 1. The topological polar surface area (TPSA) is 33.9 Å². The van der Waals surface area contributed by atoms with Crippen LogP contribution >= 0.6 is 11.6 Å². The first-order valence-electron chi connectivity index (χ1n) is 7.83. The molecule has 0 aliphatic carbocycles. The zero-order valence-corrected chi connectivity index (χ0v) is 14.7. The van der Waals surface area contributed by atoms with E-state index in [4.69, 9.17) is 22.9 Å². The first kappa shape index (κ1) is 17.6. The normalized spacial score (nSPS) is 17.4. The van der Waals surface area contributed by atoms with Crippen molar-refractivity contribution in [3.63, 3.8) is 0 Å². The van der Waals surface area contributed by atoms with Crippen LogP contribution in [0, 0.1) is 6.57 Å². The Hall–Kier alpha value is -1.73. The van der Waals surface area contributed by atoms with Crippen molar-refractivity contribution >= 4 is 17.7 Å². The zero-order valence-electron chi connectivity index (χ0n) is 13.9. The van der Waals surface area contributed by atoms with Crippen LogP contribution in [-0.2, 0) is 10.2 Å². The van der Waals surface area contributed by atoms with Crippen molar-refractivity contribution in [1.82, 2.24) is 4.90 Å². The molecule has 0 saturated carbocycles. The van der Waals surface area contributed by atoms with E-state index in [1.165, 1.54) is 0 Å². The molecule has 1 aliphatic heterocycles. The third-order valence-corrected chi connectivity index (χ3v) is 4.46. The minimum atomic E-state index is -0.488. The number of amides is 1. The SMILES string of the molecule is [C-]#[N+]CC1(c2ccc(Cl)cc2)CCN(C(=O)OC(C)(C)C)CC1. The van der Waals surface area contributed by atoms with Gasteiger partial charge in [-0.3, -0.25) is 0 Å². The average Bonchev–Trinajstić information content (AvgIpc) is 2.47. The summed E-state index contributed by atoms with van der Waals surface area (Å²) in [4.78, 5) is 17.6. The molecule has 0 unspecified atom stereocenters. The Morgan fingerprint density at radius 1 is 1.30 bits per heavy atom. The summed E-state index contributed by atoms with van der Waals surface area (Å²) in [6, 6.07) is 7.72. The van der Waals surface area contributed by atoms with Gasteiger partial charge in [0.15, 0.2) is 0 Å². The number of halogens is 1. The molecule has 2 rings (SSSR count). The zero-order chi connectivity index (χ0) is 17.1. The Bertz CT molecular complexity index is 591. The molecule has 0 N–H and O–H groups in total. The van der Waals surface area contributed by atoms with Crippen molar-refractivity contribution in [1.29, 1.82) is 0 Å². The summed E-state index contributed by atoms with van der Waals surface area (Å²) in [5, 5.41) is 0.693. The molecule has 0 bridgehead atoms. The summed E-state index contributed by atoms with van der Waals surface area (Å²) in [6.07, 6.45) is 1.25. The van der Waals surface area contributed by atoms with Gasteiger partial charge in [-0.2, -0.15) is 0 Å². The molecule has 1 aromatic carbocycles. The summed E-state index contributed by atoms with van der Waals surface area (Å²) in [5.41, 5.74) is 0.435. The van der Waals surface area contributed by atoms with Crippen LogP contribution in [0.2, 0.25) is 5.02 Å². The number of carbonyl (C=O) groups excluding carboxylic acids is 1. The highest BCUT2D eigenvalue weighted by Crippen LogP contribution is 2.37. The van der Waals surface area contributed by atoms with Gasteiger partial charge in [0.2, 0.25) is 6.54 Å². The lowest BCUT2D eigenvalue weighted by molar-refractivity contribution is 0.0170. The molecule has 5 heteroatoms. The first-order chi connectivity index (χ1) is 10.8. The van der Waals surface area contributed by atoms with Crippen molar-refractivity contribution in [2.24, 2.45) is 0 Å². The number of rotatable bonds is 2. The third-order valence-electron chi connectivity index (χ3n) is 4.21. The second-order valence-corrected chi connectivity index (χ2v) is 7.51. The number of carbonyl (C=O) groups is 1. The van der Waals surface area contributed by atoms with Crippen molar-refractivity contribution < 1.29 is 9.53 Å². The maximum Gasteiger partial charge on any atom is 0.410 e. The van der Waals surface area contributed by atoms with Gasteiger partial charge in [0.05, 0.1) is 5.41 Å². The fraction of sp³-hybridized carbons (Fsp3) is 0.556. The van der Waals surface area contributed by atoms with E-state index in [9.17, 15) is 4.79 Å². The minimum Gasteiger partial charge on any atom is -0.444 e. The predicted octanol–water partition coefficient (Wildman–Crippen LogP) is 4.53. The molecule has 1 aromatic rings. The molecule has 1 fully saturated rings. The molecule has 1 saturated heterocycles. The van der Waals surface area contributed by atoms with E-state index in [1.807, 2.05) is 45.0 Å². The van der Waals surface area contributed by atoms with E-state index < -0.39 is 5.60 Å². The maximum atomic E-state index is 12.2. The molecule has 23 heavy (non-hydrogen) atoms. The predicted molar refractivity (Wildman–Crippen MR) is 91.6 cm³/mol. The van der Waals surface area contributed by atoms with Crippen molar-refractivity contribution in [3.8, 4) is 0 Å². The summed E-state index contributed by atoms with van der Waals surface area (Å²) in [6.45, 7) is 14.5. The van der Waals surface area contributed by atoms with E-state index in [0.717, 1.165) is 18.4 Å². The molecule has 0 spiro atoms. The molecule has 1 aliphatic rings. The van der Waals surface area contributed by atoms with Gasteiger partial charge in [-0.1, -0.05) is 23.7 Å². The van der Waals surface area contributed by atoms with E-state index in [1.54, 1.807) is 4.90 Å². The molecule has 1 amide bonds. The second kappa shape index (κ2) is 6.80. The third kappa shape index (κ3) is 4.39. The number of hydrogen-bond donors (Lipinski definition) is 0. The molecule has 0 radical (unpaired) electrons. The lowest BCUT2D eigenvalue weighted by Gasteiger charge is -2.39. The van der Waals surface area contributed by atoms with Gasteiger partial charge in [-0.05, 0) is 51.3 Å². The van der Waals surface area contributed by atoms with E-state index in [-0.39, 0.29) is 11.5 Å². The van der Waals surface area contributed by atoms with E-state index >= 15 is 0 Å². The molecule has 124 valence electrons. The van der Waals surface area contributed by atoms with Crippen LogP contribution in [0.3, 0.4) is 0 Å². The molecular formula is C18H23ClN2O2. The lowest BCUT2D eigenvalue weighted by Crippen LogP contribution is -2.47. The van der Waals surface area contributed by atoms with Crippen molar-refractivity contribution in [3.05, 3.63) is 46.3 Å². The Morgan fingerprint density at radius 3 is 2.35 bits per heavy atom. The minimum absolute atomic E-state index is 0.204. The summed E-state index contributed by atoms with van der Waals surface area (Å²) in [5.74, 6) is 0. The van der Waals surface area contributed by atoms with Gasteiger partial charge >= 0.3 is 6.09 Å². The summed E-state index contributed by atoms with van der Waals surface area (Å²) in [7, 11) is 0. The Balaban J connectivity index is 2.11. The van der Waals surface area contributed by atoms with Crippen LogP contribution < -0.4 is 0 Å². The van der Waals surface area contributed by atoms with Gasteiger partial charge in [-0.25, -0.2) is 11.4 Å². The smallest absolute Gasteiger partial charge is 0.410 e. The highest BCUT2D eigenvalue weighted by Gasteiger charge is 2.41. The number of piperidine rings is 1. The molecule has 0 aromatic heterocycles. The van der Waals surface area contributed by atoms with Gasteiger partial charge in [0.1, 0.15) is 5.60 Å². The van der Waals surface area contributed by atoms with Gasteiger partial charge in [-0.15, -0.1) is 0 Å². The molecule has 0 atom stereocenters. The van der Waals surface area contributed by atoms with Crippen LogP contribution in [0.1, 0.15) is 39.2 Å². The van der Waals surface area contributed by atoms with Crippen LogP contribution in [-0.4, -0.2) is 36.2 Å². The lowest BCUT2D eigenvalue weighted by atomic mass is 9.73. The molecule has 4 nitrogen and oxygen atoms in total. The van der Waals surface area contributed by atoms with Crippen molar-refractivity contribution in [2.75, 3.05) is 19.6 Å². The quantitative estimate of drug-likeness (QED) is 0.745. The van der Waals surface area contributed by atoms with Crippen LogP contribution in [0.5, 0.6) is 0 Å². The monoisotopic (exact) mass is 334 g/mol. The van der Waals surface area contributed by atoms with Crippen LogP contribution in [0.15, 0.2) is 24.3 Å². The highest BCUT2D eigenvalue weighted by atomic mass is 35.5. The van der Waals surface area contributed by atoms with Crippen molar-refractivity contribution in [2.45, 2.75) is 44.6 Å². The maximum absolute atomic E-state index is 12.2. The summed E-state index contributed by atoms with van der Waals surface area (Å²) < 4.78 is 5.44. The Morgan fingerprint density at radius 2 is 1.87 bits per heavy atom.